The first-order valence-electron chi connectivity index (χ1n) is 7.75. The van der Waals surface area contributed by atoms with Crippen molar-refractivity contribution in [3.63, 3.8) is 0 Å². The second-order valence-corrected chi connectivity index (χ2v) is 6.01. The van der Waals surface area contributed by atoms with Crippen LogP contribution in [0.25, 0.3) is 0 Å². The number of rotatable bonds is 4. The molecule has 0 saturated carbocycles. The molecule has 2 fully saturated rings. The van der Waals surface area contributed by atoms with Crippen molar-refractivity contribution in [3.05, 3.63) is 0 Å². The van der Waals surface area contributed by atoms with Crippen molar-refractivity contribution in [3.8, 4) is 0 Å². The van der Waals surface area contributed by atoms with E-state index in [0.29, 0.717) is 11.9 Å². The molecule has 0 bridgehead atoms. The molecule has 0 aromatic carbocycles. The van der Waals surface area contributed by atoms with Crippen LogP contribution in [0.3, 0.4) is 0 Å². The van der Waals surface area contributed by atoms with E-state index in [0.717, 1.165) is 51.7 Å². The smallest absolute Gasteiger partial charge is 0.230 e. The van der Waals surface area contributed by atoms with Crippen molar-refractivity contribution in [2.24, 2.45) is 5.41 Å². The van der Waals surface area contributed by atoms with Crippen molar-refractivity contribution in [1.29, 1.82) is 0 Å². The summed E-state index contributed by atoms with van der Waals surface area (Å²) in [5.41, 5.74) is -0.0925. The van der Waals surface area contributed by atoms with Crippen LogP contribution < -0.4 is 5.32 Å². The summed E-state index contributed by atoms with van der Waals surface area (Å²) in [6.07, 6.45) is 7.90. The molecule has 2 rings (SSSR count). The zero-order valence-electron chi connectivity index (χ0n) is 12.0. The Morgan fingerprint density at radius 1 is 1.39 bits per heavy atom. The molecule has 0 radical (unpaired) electrons. The molecule has 18 heavy (non-hydrogen) atoms. The molecule has 2 atom stereocenters. The predicted octanol–water partition coefficient (Wildman–Crippen LogP) is 2.56. The molecule has 1 N–H and O–H groups in total. The molecule has 2 aliphatic rings. The van der Waals surface area contributed by atoms with E-state index in [-0.39, 0.29) is 5.41 Å². The van der Waals surface area contributed by atoms with Gasteiger partial charge in [-0.1, -0.05) is 20.3 Å². The Kier molecular flexibility index (Phi) is 4.66. The van der Waals surface area contributed by atoms with Gasteiger partial charge in [0, 0.05) is 19.1 Å². The van der Waals surface area contributed by atoms with Crippen LogP contribution in [0.15, 0.2) is 0 Å². The third-order valence-electron chi connectivity index (χ3n) is 4.76. The number of carbonyl (C=O) groups excluding carboxylic acids is 1. The van der Waals surface area contributed by atoms with E-state index in [1.54, 1.807) is 0 Å². The maximum atomic E-state index is 13.0. The lowest BCUT2D eigenvalue weighted by Crippen LogP contribution is -2.53. The summed E-state index contributed by atoms with van der Waals surface area (Å²) in [5, 5.41) is 3.45. The largest absolute Gasteiger partial charge is 0.339 e. The summed E-state index contributed by atoms with van der Waals surface area (Å²) >= 11 is 0. The van der Waals surface area contributed by atoms with Crippen molar-refractivity contribution >= 4 is 5.91 Å². The van der Waals surface area contributed by atoms with E-state index in [1.165, 1.54) is 12.8 Å². The SMILES string of the molecule is CCCC1(C(=O)N2CCCC2CC)CCCNC1. The zero-order chi connectivity index (χ0) is 13.0. The van der Waals surface area contributed by atoms with Crippen LogP contribution in [-0.2, 0) is 4.79 Å². The minimum Gasteiger partial charge on any atom is -0.339 e. The van der Waals surface area contributed by atoms with E-state index < -0.39 is 0 Å². The fourth-order valence-electron chi connectivity index (χ4n) is 3.78. The molecule has 2 saturated heterocycles. The van der Waals surface area contributed by atoms with Crippen LogP contribution in [-0.4, -0.2) is 36.5 Å². The van der Waals surface area contributed by atoms with Crippen LogP contribution in [0.4, 0.5) is 0 Å². The van der Waals surface area contributed by atoms with Gasteiger partial charge in [-0.05, 0) is 45.1 Å². The molecular weight excluding hydrogens is 224 g/mol. The number of carbonyl (C=O) groups is 1. The fourth-order valence-corrected chi connectivity index (χ4v) is 3.78. The first kappa shape index (κ1) is 13.9. The maximum Gasteiger partial charge on any atom is 0.230 e. The third kappa shape index (κ3) is 2.56. The average Bonchev–Trinajstić information content (AvgIpc) is 2.87. The second kappa shape index (κ2) is 6.05. The van der Waals surface area contributed by atoms with Gasteiger partial charge in [-0.15, -0.1) is 0 Å². The van der Waals surface area contributed by atoms with Crippen molar-refractivity contribution in [1.82, 2.24) is 10.2 Å². The molecule has 1 amide bonds. The molecule has 0 aliphatic carbocycles. The van der Waals surface area contributed by atoms with Crippen molar-refractivity contribution in [2.75, 3.05) is 19.6 Å². The van der Waals surface area contributed by atoms with Crippen LogP contribution in [0.2, 0.25) is 0 Å². The number of hydrogen-bond donors (Lipinski definition) is 1. The van der Waals surface area contributed by atoms with Crippen molar-refractivity contribution in [2.45, 2.75) is 64.8 Å². The molecular formula is C15H28N2O. The number of likely N-dealkylation sites (tertiary alicyclic amines) is 1. The van der Waals surface area contributed by atoms with Gasteiger partial charge in [0.1, 0.15) is 0 Å². The van der Waals surface area contributed by atoms with Gasteiger partial charge in [-0.2, -0.15) is 0 Å². The van der Waals surface area contributed by atoms with Crippen LogP contribution in [0, 0.1) is 5.41 Å². The normalized spacial score (nSPS) is 32.8. The number of hydrogen-bond acceptors (Lipinski definition) is 2. The number of amides is 1. The lowest BCUT2D eigenvalue weighted by atomic mass is 9.75. The number of nitrogens with one attached hydrogen (secondary N) is 1. The van der Waals surface area contributed by atoms with Gasteiger partial charge in [-0.3, -0.25) is 4.79 Å². The van der Waals surface area contributed by atoms with Gasteiger partial charge >= 0.3 is 0 Å². The summed E-state index contributed by atoms with van der Waals surface area (Å²) in [6, 6.07) is 0.508. The minimum atomic E-state index is -0.0925. The Morgan fingerprint density at radius 3 is 2.83 bits per heavy atom. The highest BCUT2D eigenvalue weighted by molar-refractivity contribution is 5.83. The molecule has 2 unspecified atom stereocenters. The molecule has 2 aliphatic heterocycles. The Balaban J connectivity index is 2.12. The average molecular weight is 252 g/mol. The summed E-state index contributed by atoms with van der Waals surface area (Å²) in [4.78, 5) is 15.2. The first-order chi connectivity index (χ1) is 8.73. The monoisotopic (exact) mass is 252 g/mol. The molecule has 104 valence electrons. The van der Waals surface area contributed by atoms with Crippen LogP contribution in [0.5, 0.6) is 0 Å². The molecule has 3 nitrogen and oxygen atoms in total. The highest BCUT2D eigenvalue weighted by atomic mass is 16.2. The highest BCUT2D eigenvalue weighted by Crippen LogP contribution is 2.36. The molecule has 2 heterocycles. The van der Waals surface area contributed by atoms with Gasteiger partial charge in [0.25, 0.3) is 0 Å². The lowest BCUT2D eigenvalue weighted by Gasteiger charge is -2.40. The Hall–Kier alpha value is -0.570. The summed E-state index contributed by atoms with van der Waals surface area (Å²) in [5.74, 6) is 0.445. The second-order valence-electron chi connectivity index (χ2n) is 6.01. The van der Waals surface area contributed by atoms with Gasteiger partial charge in [0.05, 0.1) is 5.41 Å². The Labute approximate surface area is 111 Å². The standard InChI is InChI=1S/C15H28N2O/c1-3-8-15(9-6-10-16-12-15)14(18)17-11-5-7-13(17)4-2/h13,16H,3-12H2,1-2H3. The van der Waals surface area contributed by atoms with Gasteiger partial charge in [-0.25, -0.2) is 0 Å². The summed E-state index contributed by atoms with van der Waals surface area (Å²) in [6.45, 7) is 7.37. The summed E-state index contributed by atoms with van der Waals surface area (Å²) in [7, 11) is 0. The zero-order valence-corrected chi connectivity index (χ0v) is 12.0. The van der Waals surface area contributed by atoms with E-state index in [9.17, 15) is 4.79 Å². The van der Waals surface area contributed by atoms with Gasteiger partial charge in [0.2, 0.25) is 5.91 Å². The predicted molar refractivity (Wildman–Crippen MR) is 74.5 cm³/mol. The van der Waals surface area contributed by atoms with Crippen molar-refractivity contribution < 1.29 is 4.79 Å². The number of nitrogens with zero attached hydrogens (tertiary/aromatic N) is 1. The molecule has 0 aromatic rings. The fraction of sp³-hybridized carbons (Fsp3) is 0.933. The van der Waals surface area contributed by atoms with Crippen LogP contribution in [0.1, 0.15) is 58.8 Å². The molecule has 3 heteroatoms. The third-order valence-corrected chi connectivity index (χ3v) is 4.76. The number of piperidine rings is 1. The van der Waals surface area contributed by atoms with Crippen LogP contribution >= 0.6 is 0 Å². The first-order valence-corrected chi connectivity index (χ1v) is 7.75. The van der Waals surface area contributed by atoms with E-state index in [4.69, 9.17) is 0 Å². The Bertz CT molecular complexity index is 279. The van der Waals surface area contributed by atoms with Gasteiger partial charge < -0.3 is 10.2 Å². The van der Waals surface area contributed by atoms with E-state index >= 15 is 0 Å². The quantitative estimate of drug-likeness (QED) is 0.834. The van der Waals surface area contributed by atoms with E-state index in [2.05, 4.69) is 24.1 Å². The van der Waals surface area contributed by atoms with Gasteiger partial charge in [0.15, 0.2) is 0 Å². The molecule has 0 spiro atoms. The topological polar surface area (TPSA) is 32.3 Å². The lowest BCUT2D eigenvalue weighted by molar-refractivity contribution is -0.144. The van der Waals surface area contributed by atoms with E-state index in [1.807, 2.05) is 0 Å². The Morgan fingerprint density at radius 2 is 2.22 bits per heavy atom. The highest BCUT2D eigenvalue weighted by Gasteiger charge is 2.43. The minimum absolute atomic E-state index is 0.0925. The summed E-state index contributed by atoms with van der Waals surface area (Å²) < 4.78 is 0. The maximum absolute atomic E-state index is 13.0. The molecule has 0 aromatic heterocycles.